The van der Waals surface area contributed by atoms with Crippen molar-refractivity contribution in [2.75, 3.05) is 0 Å². The lowest BCUT2D eigenvalue weighted by molar-refractivity contribution is 0.977. The van der Waals surface area contributed by atoms with Crippen LogP contribution in [0.5, 0.6) is 0 Å². The maximum Gasteiger partial charge on any atom is 0.0298 e. The zero-order valence-corrected chi connectivity index (χ0v) is 6.03. The molecule has 0 saturated heterocycles. The lowest BCUT2D eigenvalue weighted by Crippen LogP contribution is -1.87. The van der Waals surface area contributed by atoms with Crippen molar-refractivity contribution in [3.8, 4) is 0 Å². The average molecular weight is 161 g/mol. The van der Waals surface area contributed by atoms with Crippen molar-refractivity contribution >= 4 is 15.9 Å². The lowest BCUT2D eigenvalue weighted by Gasteiger charge is -1.90. The molecule has 0 aromatic rings. The van der Waals surface area contributed by atoms with Gasteiger partial charge in [0, 0.05) is 4.32 Å². The number of hydrogen-bond donors (Lipinski definition) is 0. The van der Waals surface area contributed by atoms with Crippen molar-refractivity contribution in [3.05, 3.63) is 12.7 Å². The molecule has 1 rings (SSSR count). The third-order valence-electron chi connectivity index (χ3n) is 1.52. The molecule has 0 amide bonds. The minimum Gasteiger partial charge on any atom is -0.103 e. The van der Waals surface area contributed by atoms with Gasteiger partial charge >= 0.3 is 0 Å². The lowest BCUT2D eigenvalue weighted by atomic mass is 10.3. The fraction of sp³-hybridized carbons (Fsp3) is 0.667. The van der Waals surface area contributed by atoms with Crippen molar-refractivity contribution in [2.24, 2.45) is 5.92 Å². The molecule has 1 heteroatoms. The highest BCUT2D eigenvalue weighted by atomic mass is 79.9. The van der Waals surface area contributed by atoms with Gasteiger partial charge in [-0.1, -0.05) is 22.0 Å². The number of rotatable bonds is 1. The summed E-state index contributed by atoms with van der Waals surface area (Å²) < 4.78 is 0.411. The number of alkyl halides is 1. The molecule has 0 heterocycles. The predicted octanol–water partition coefficient (Wildman–Crippen LogP) is 2.35. The Morgan fingerprint density at radius 3 is 2.43 bits per heavy atom. The summed E-state index contributed by atoms with van der Waals surface area (Å²) in [5.74, 6) is 0.729. The summed E-state index contributed by atoms with van der Waals surface area (Å²) in [6.07, 6.45) is 3.27. The van der Waals surface area contributed by atoms with Gasteiger partial charge in [0.2, 0.25) is 0 Å². The van der Waals surface area contributed by atoms with Gasteiger partial charge in [-0.05, 0) is 19.3 Å². The van der Waals surface area contributed by atoms with E-state index in [1.807, 2.05) is 6.08 Å². The van der Waals surface area contributed by atoms with Gasteiger partial charge in [0.1, 0.15) is 0 Å². The SMILES string of the molecule is C=CC1CC1(C)Br. The van der Waals surface area contributed by atoms with E-state index in [1.54, 1.807) is 0 Å². The van der Waals surface area contributed by atoms with Crippen molar-refractivity contribution in [2.45, 2.75) is 17.7 Å². The van der Waals surface area contributed by atoms with Gasteiger partial charge in [-0.25, -0.2) is 0 Å². The Kier molecular flexibility index (Phi) is 1.03. The summed E-state index contributed by atoms with van der Waals surface area (Å²) >= 11 is 3.54. The van der Waals surface area contributed by atoms with Crippen molar-refractivity contribution in [3.63, 3.8) is 0 Å². The van der Waals surface area contributed by atoms with Crippen LogP contribution in [0.25, 0.3) is 0 Å². The molecule has 1 aliphatic carbocycles. The molecule has 1 aliphatic rings. The quantitative estimate of drug-likeness (QED) is 0.409. The van der Waals surface area contributed by atoms with E-state index in [0.717, 1.165) is 5.92 Å². The van der Waals surface area contributed by atoms with E-state index in [9.17, 15) is 0 Å². The average Bonchev–Trinajstić information content (AvgIpc) is 2.13. The molecule has 0 bridgehead atoms. The molecule has 0 nitrogen and oxygen atoms in total. The highest BCUT2D eigenvalue weighted by Crippen LogP contribution is 2.51. The van der Waals surface area contributed by atoms with E-state index in [0.29, 0.717) is 4.32 Å². The van der Waals surface area contributed by atoms with Crippen LogP contribution >= 0.6 is 15.9 Å². The van der Waals surface area contributed by atoms with Gasteiger partial charge in [0.25, 0.3) is 0 Å². The highest BCUT2D eigenvalue weighted by Gasteiger charge is 2.45. The van der Waals surface area contributed by atoms with Crippen LogP contribution in [0.3, 0.4) is 0 Å². The van der Waals surface area contributed by atoms with E-state index < -0.39 is 0 Å². The van der Waals surface area contributed by atoms with E-state index in [4.69, 9.17) is 0 Å². The normalized spacial score (nSPS) is 48.6. The molecule has 2 atom stereocenters. The van der Waals surface area contributed by atoms with E-state index in [1.165, 1.54) is 6.42 Å². The Bertz CT molecular complexity index is 94.4. The summed E-state index contributed by atoms with van der Waals surface area (Å²) in [5, 5.41) is 0. The molecule has 40 valence electrons. The molecular formula is C6H9Br. The maximum atomic E-state index is 3.69. The smallest absolute Gasteiger partial charge is 0.0298 e. The standard InChI is InChI=1S/C6H9Br/c1-3-5-4-6(5,2)7/h3,5H,1,4H2,2H3. The fourth-order valence-electron chi connectivity index (χ4n) is 0.700. The molecule has 0 spiro atoms. The molecule has 0 radical (unpaired) electrons. The summed E-state index contributed by atoms with van der Waals surface area (Å²) in [4.78, 5) is 0. The minimum absolute atomic E-state index is 0.411. The minimum atomic E-state index is 0.411. The summed E-state index contributed by atoms with van der Waals surface area (Å²) in [6.45, 7) is 5.88. The van der Waals surface area contributed by atoms with Gasteiger partial charge < -0.3 is 0 Å². The Labute approximate surface area is 52.7 Å². The zero-order chi connectivity index (χ0) is 5.49. The van der Waals surface area contributed by atoms with Gasteiger partial charge in [0.15, 0.2) is 0 Å². The van der Waals surface area contributed by atoms with Gasteiger partial charge in [-0.2, -0.15) is 0 Å². The molecule has 1 fully saturated rings. The van der Waals surface area contributed by atoms with Crippen LogP contribution in [0.4, 0.5) is 0 Å². The molecule has 2 unspecified atom stereocenters. The highest BCUT2D eigenvalue weighted by molar-refractivity contribution is 9.10. The van der Waals surface area contributed by atoms with Crippen LogP contribution < -0.4 is 0 Å². The summed E-state index contributed by atoms with van der Waals surface area (Å²) in [7, 11) is 0. The second-order valence-electron chi connectivity index (χ2n) is 2.32. The van der Waals surface area contributed by atoms with E-state index >= 15 is 0 Å². The molecule has 1 saturated carbocycles. The first kappa shape index (κ1) is 5.36. The first-order chi connectivity index (χ1) is 3.17. The third-order valence-corrected chi connectivity index (χ3v) is 2.43. The molecule has 7 heavy (non-hydrogen) atoms. The molecule has 0 aliphatic heterocycles. The second-order valence-corrected chi connectivity index (χ2v) is 4.14. The van der Waals surface area contributed by atoms with Crippen LogP contribution in [-0.2, 0) is 0 Å². The largest absolute Gasteiger partial charge is 0.103 e. The molecule has 0 aromatic carbocycles. The Morgan fingerprint density at radius 2 is 2.43 bits per heavy atom. The number of halogens is 1. The van der Waals surface area contributed by atoms with Crippen LogP contribution in [-0.4, -0.2) is 4.32 Å². The van der Waals surface area contributed by atoms with Crippen LogP contribution in [0, 0.1) is 5.92 Å². The summed E-state index contributed by atoms with van der Waals surface area (Å²) in [5.41, 5.74) is 0. The molecular weight excluding hydrogens is 152 g/mol. The first-order valence-corrected chi connectivity index (χ1v) is 3.27. The molecule has 0 N–H and O–H groups in total. The van der Waals surface area contributed by atoms with Crippen LogP contribution in [0.1, 0.15) is 13.3 Å². The first-order valence-electron chi connectivity index (χ1n) is 2.48. The van der Waals surface area contributed by atoms with Crippen LogP contribution in [0.2, 0.25) is 0 Å². The van der Waals surface area contributed by atoms with Crippen molar-refractivity contribution < 1.29 is 0 Å². The topological polar surface area (TPSA) is 0 Å². The fourth-order valence-corrected chi connectivity index (χ4v) is 1.24. The van der Waals surface area contributed by atoms with Gasteiger partial charge in [-0.15, -0.1) is 6.58 Å². The maximum absolute atomic E-state index is 3.69. The van der Waals surface area contributed by atoms with Gasteiger partial charge in [-0.3, -0.25) is 0 Å². The Balaban J connectivity index is 2.44. The number of hydrogen-bond acceptors (Lipinski definition) is 0. The Morgan fingerprint density at radius 1 is 2.00 bits per heavy atom. The number of allylic oxidation sites excluding steroid dienone is 1. The summed E-state index contributed by atoms with van der Waals surface area (Å²) in [6, 6.07) is 0. The van der Waals surface area contributed by atoms with Crippen molar-refractivity contribution in [1.82, 2.24) is 0 Å². The van der Waals surface area contributed by atoms with E-state index in [-0.39, 0.29) is 0 Å². The Hall–Kier alpha value is 0.220. The molecule has 0 aromatic heterocycles. The van der Waals surface area contributed by atoms with Crippen LogP contribution in [0.15, 0.2) is 12.7 Å². The van der Waals surface area contributed by atoms with E-state index in [2.05, 4.69) is 29.4 Å². The zero-order valence-electron chi connectivity index (χ0n) is 4.45. The monoisotopic (exact) mass is 160 g/mol. The van der Waals surface area contributed by atoms with Crippen molar-refractivity contribution in [1.29, 1.82) is 0 Å². The second kappa shape index (κ2) is 1.35. The third kappa shape index (κ3) is 0.880. The van der Waals surface area contributed by atoms with Gasteiger partial charge in [0.05, 0.1) is 0 Å². The predicted molar refractivity (Wildman–Crippen MR) is 35.6 cm³/mol.